The van der Waals surface area contributed by atoms with Crippen molar-refractivity contribution < 1.29 is 4.92 Å². The van der Waals surface area contributed by atoms with Gasteiger partial charge in [0.05, 0.1) is 27.0 Å². The van der Waals surface area contributed by atoms with Crippen LogP contribution in [0.2, 0.25) is 0 Å². The van der Waals surface area contributed by atoms with E-state index in [4.69, 9.17) is 5.73 Å². The quantitative estimate of drug-likeness (QED) is 0.104. The Balaban J connectivity index is 0.000000156. The fourth-order valence-corrected chi connectivity index (χ4v) is 3.93. The van der Waals surface area contributed by atoms with E-state index in [0.29, 0.717) is 19.0 Å². The van der Waals surface area contributed by atoms with Crippen LogP contribution >= 0.6 is 0 Å². The number of fused-ring (bicyclic) bond motifs is 2. The van der Waals surface area contributed by atoms with Crippen LogP contribution in [0.5, 0.6) is 0 Å². The summed E-state index contributed by atoms with van der Waals surface area (Å²) in [4.78, 5) is 25.5. The second kappa shape index (κ2) is 11.1. The number of anilines is 3. The van der Waals surface area contributed by atoms with Crippen LogP contribution in [0.3, 0.4) is 0 Å². The minimum absolute atomic E-state index is 0.0916. The fourth-order valence-electron chi connectivity index (χ4n) is 3.93. The van der Waals surface area contributed by atoms with Crippen LogP contribution in [0.15, 0.2) is 97.1 Å². The number of nitrogens with one attached hydrogen (secondary N) is 4. The molecule has 0 amide bonds. The molecule has 2 aromatic heterocycles. The summed E-state index contributed by atoms with van der Waals surface area (Å²) < 4.78 is 0. The van der Waals surface area contributed by atoms with E-state index in [1.54, 1.807) is 12.1 Å². The normalized spacial score (nSPS) is 10.6. The number of non-ortho nitro benzene ring substituents is 1. The van der Waals surface area contributed by atoms with Crippen molar-refractivity contribution in [3.05, 3.63) is 118 Å². The first-order valence-electron chi connectivity index (χ1n) is 12.0. The largest absolute Gasteiger partial charge is 0.399 e. The van der Waals surface area contributed by atoms with Gasteiger partial charge in [-0.05, 0) is 47.5 Å². The van der Waals surface area contributed by atoms with Crippen molar-refractivity contribution in [2.45, 2.75) is 13.1 Å². The van der Waals surface area contributed by atoms with Crippen molar-refractivity contribution in [2.24, 2.45) is 0 Å². The minimum Gasteiger partial charge on any atom is -0.399 e. The lowest BCUT2D eigenvalue weighted by atomic mass is 10.2. The highest BCUT2D eigenvalue weighted by molar-refractivity contribution is 5.77. The van der Waals surface area contributed by atoms with Crippen LogP contribution in [0, 0.1) is 10.1 Å². The zero-order valence-corrected chi connectivity index (χ0v) is 20.4. The highest BCUT2D eigenvalue weighted by Gasteiger charge is 2.06. The molecule has 190 valence electrons. The summed E-state index contributed by atoms with van der Waals surface area (Å²) in [5.41, 5.74) is 12.4. The molecule has 0 spiro atoms. The number of imidazole rings is 2. The summed E-state index contributed by atoms with van der Waals surface area (Å²) in [6.45, 7) is 1.17. The maximum Gasteiger partial charge on any atom is 0.269 e. The first kappa shape index (κ1) is 24.3. The molecule has 0 fully saturated rings. The SMILES string of the molecule is Nc1cccc(CNc2nc3ccccc3[nH]2)c1.O=[N+]([O-])c1cccc(CNc2nc3ccccc3[nH]2)c1. The molecule has 0 saturated heterocycles. The number of nitro groups is 1. The second-order valence-corrected chi connectivity index (χ2v) is 8.58. The first-order valence-corrected chi connectivity index (χ1v) is 12.0. The number of nitrogen functional groups attached to an aromatic ring is 1. The third kappa shape index (κ3) is 6.05. The van der Waals surface area contributed by atoms with Crippen molar-refractivity contribution >= 4 is 45.3 Å². The number of nitro benzene ring substituents is 1. The molecule has 0 aliphatic heterocycles. The lowest BCUT2D eigenvalue weighted by molar-refractivity contribution is -0.384. The zero-order valence-electron chi connectivity index (χ0n) is 20.4. The minimum atomic E-state index is -0.398. The van der Waals surface area contributed by atoms with Gasteiger partial charge in [-0.2, -0.15) is 0 Å². The lowest BCUT2D eigenvalue weighted by Gasteiger charge is -2.03. The van der Waals surface area contributed by atoms with E-state index in [1.807, 2.05) is 78.9 Å². The van der Waals surface area contributed by atoms with Gasteiger partial charge in [-0.3, -0.25) is 10.1 Å². The van der Waals surface area contributed by atoms with Gasteiger partial charge < -0.3 is 26.3 Å². The molecule has 10 nitrogen and oxygen atoms in total. The van der Waals surface area contributed by atoms with Crippen LogP contribution in [0.1, 0.15) is 11.1 Å². The molecule has 2 heterocycles. The maximum absolute atomic E-state index is 10.7. The number of para-hydroxylation sites is 4. The Morgan fingerprint density at radius 3 is 1.76 bits per heavy atom. The number of nitrogens with zero attached hydrogens (tertiary/aromatic N) is 3. The molecule has 0 radical (unpaired) electrons. The summed E-state index contributed by atoms with van der Waals surface area (Å²) in [6, 6.07) is 30.0. The molecule has 0 aliphatic carbocycles. The fraction of sp³-hybridized carbons (Fsp3) is 0.0714. The van der Waals surface area contributed by atoms with Crippen LogP contribution in [0.25, 0.3) is 22.1 Å². The topological polar surface area (TPSA) is 151 Å². The van der Waals surface area contributed by atoms with Gasteiger partial charge in [0.15, 0.2) is 0 Å². The lowest BCUT2D eigenvalue weighted by Crippen LogP contribution is -2.01. The second-order valence-electron chi connectivity index (χ2n) is 8.58. The van der Waals surface area contributed by atoms with E-state index in [2.05, 4.69) is 30.6 Å². The maximum atomic E-state index is 10.7. The molecule has 0 unspecified atom stereocenters. The Bertz CT molecular complexity index is 1630. The van der Waals surface area contributed by atoms with E-state index in [0.717, 1.165) is 44.8 Å². The standard InChI is InChI=1S/C14H12N4O2.C14H14N4/c19-18(20)11-5-3-4-10(8-11)9-15-14-16-12-6-1-2-7-13(12)17-14;15-11-5-3-4-10(8-11)9-16-14-17-12-6-1-2-7-13(12)18-14/h1-8H,9H2,(H2,15,16,17);1-8H,9,15H2,(H2,16,17,18). The molecule has 0 atom stereocenters. The number of hydrogen-bond acceptors (Lipinski definition) is 7. The molecule has 6 aromatic rings. The van der Waals surface area contributed by atoms with Gasteiger partial charge in [0.1, 0.15) is 0 Å². The summed E-state index contributed by atoms with van der Waals surface area (Å²) in [6.07, 6.45) is 0. The Hall–Kier alpha value is -5.38. The third-order valence-electron chi connectivity index (χ3n) is 5.77. The van der Waals surface area contributed by atoms with Gasteiger partial charge in [-0.15, -0.1) is 0 Å². The first-order chi connectivity index (χ1) is 18.5. The van der Waals surface area contributed by atoms with Crippen molar-refractivity contribution in [2.75, 3.05) is 16.4 Å². The van der Waals surface area contributed by atoms with Crippen LogP contribution in [-0.2, 0) is 13.1 Å². The van der Waals surface area contributed by atoms with Gasteiger partial charge in [0.2, 0.25) is 11.9 Å². The molecular formula is C28H26N8O2. The Morgan fingerprint density at radius 2 is 1.24 bits per heavy atom. The molecular weight excluding hydrogens is 480 g/mol. The molecule has 0 aliphatic rings. The highest BCUT2D eigenvalue weighted by atomic mass is 16.6. The number of benzene rings is 4. The third-order valence-corrected chi connectivity index (χ3v) is 5.77. The molecule has 6 rings (SSSR count). The zero-order chi connectivity index (χ0) is 26.3. The van der Waals surface area contributed by atoms with E-state index >= 15 is 0 Å². The van der Waals surface area contributed by atoms with Crippen LogP contribution < -0.4 is 16.4 Å². The van der Waals surface area contributed by atoms with Gasteiger partial charge in [-0.25, -0.2) is 9.97 Å². The summed E-state index contributed by atoms with van der Waals surface area (Å²) in [5, 5.41) is 17.1. The highest BCUT2D eigenvalue weighted by Crippen LogP contribution is 2.17. The van der Waals surface area contributed by atoms with Gasteiger partial charge in [0.25, 0.3) is 5.69 Å². The number of hydrogen-bond donors (Lipinski definition) is 5. The summed E-state index contributed by atoms with van der Waals surface area (Å²) in [5.74, 6) is 1.43. The summed E-state index contributed by atoms with van der Waals surface area (Å²) >= 11 is 0. The molecule has 10 heteroatoms. The Labute approximate surface area is 218 Å². The van der Waals surface area contributed by atoms with Crippen molar-refractivity contribution in [1.82, 2.24) is 19.9 Å². The van der Waals surface area contributed by atoms with Gasteiger partial charge in [0, 0.05) is 30.9 Å². The van der Waals surface area contributed by atoms with Crippen molar-refractivity contribution in [3.63, 3.8) is 0 Å². The Kier molecular flexibility index (Phi) is 7.12. The predicted molar refractivity (Wildman–Crippen MR) is 151 cm³/mol. The van der Waals surface area contributed by atoms with Gasteiger partial charge >= 0.3 is 0 Å². The summed E-state index contributed by atoms with van der Waals surface area (Å²) in [7, 11) is 0. The number of rotatable bonds is 7. The molecule has 0 bridgehead atoms. The average molecular weight is 507 g/mol. The Morgan fingerprint density at radius 1 is 0.711 bits per heavy atom. The van der Waals surface area contributed by atoms with Crippen molar-refractivity contribution in [3.8, 4) is 0 Å². The molecule has 6 N–H and O–H groups in total. The number of aromatic amines is 2. The van der Waals surface area contributed by atoms with E-state index in [1.165, 1.54) is 6.07 Å². The molecule has 4 aromatic carbocycles. The van der Waals surface area contributed by atoms with Crippen molar-refractivity contribution in [1.29, 1.82) is 0 Å². The monoisotopic (exact) mass is 506 g/mol. The van der Waals surface area contributed by atoms with Crippen LogP contribution in [0.4, 0.5) is 23.3 Å². The number of H-pyrrole nitrogens is 2. The number of aromatic nitrogens is 4. The van der Waals surface area contributed by atoms with E-state index in [-0.39, 0.29) is 5.69 Å². The van der Waals surface area contributed by atoms with Gasteiger partial charge in [-0.1, -0.05) is 48.5 Å². The molecule has 38 heavy (non-hydrogen) atoms. The number of nitrogens with two attached hydrogens (primary N) is 1. The van der Waals surface area contributed by atoms with E-state index in [9.17, 15) is 10.1 Å². The van der Waals surface area contributed by atoms with Crippen LogP contribution in [-0.4, -0.2) is 24.9 Å². The molecule has 0 saturated carbocycles. The predicted octanol–water partition coefficient (Wildman–Crippen LogP) is 5.84. The average Bonchev–Trinajstić information content (AvgIpc) is 3.55. The smallest absolute Gasteiger partial charge is 0.269 e. The van der Waals surface area contributed by atoms with E-state index < -0.39 is 4.92 Å².